The predicted molar refractivity (Wildman–Crippen MR) is 87.6 cm³/mol. The molecule has 3 amide bonds. The summed E-state index contributed by atoms with van der Waals surface area (Å²) in [4.78, 5) is 22.4. The van der Waals surface area contributed by atoms with Crippen LogP contribution in [0.25, 0.3) is 0 Å². The van der Waals surface area contributed by atoms with Crippen LogP contribution in [0.2, 0.25) is 0 Å². The third kappa shape index (κ3) is 3.10. The van der Waals surface area contributed by atoms with E-state index >= 15 is 0 Å². The molecule has 1 aliphatic rings. The van der Waals surface area contributed by atoms with Crippen molar-refractivity contribution >= 4 is 27.6 Å². The normalized spacial score (nSPS) is 19.8. The summed E-state index contributed by atoms with van der Waals surface area (Å²) in [6.45, 7) is 1.49. The number of rotatable bonds is 4. The van der Waals surface area contributed by atoms with Crippen molar-refractivity contribution in [2.24, 2.45) is 0 Å². The summed E-state index contributed by atoms with van der Waals surface area (Å²) in [6.07, 6.45) is 0. The Kier molecular flexibility index (Phi) is 4.15. The molecule has 10 heteroatoms. The van der Waals surface area contributed by atoms with Crippen LogP contribution in [0.5, 0.6) is 0 Å². The third-order valence-electron chi connectivity index (χ3n) is 3.94. The van der Waals surface area contributed by atoms with Gasteiger partial charge in [0.2, 0.25) is 0 Å². The molecule has 2 aromatic rings. The smallest absolute Gasteiger partial charge is 0.320 e. The van der Waals surface area contributed by atoms with Gasteiger partial charge in [0.15, 0.2) is 0 Å². The zero-order chi connectivity index (χ0) is 19.1. The summed E-state index contributed by atoms with van der Waals surface area (Å²) in [6, 6.07) is 7.02. The minimum absolute atomic E-state index is 0.0748. The molecule has 0 radical (unpaired) electrons. The Bertz CT molecular complexity index is 1010. The molecule has 1 atom stereocenters. The average molecular weight is 381 g/mol. The van der Waals surface area contributed by atoms with Crippen LogP contribution in [-0.2, 0) is 20.4 Å². The van der Waals surface area contributed by atoms with Crippen LogP contribution >= 0.6 is 0 Å². The van der Waals surface area contributed by atoms with Gasteiger partial charge in [-0.2, -0.15) is 0 Å². The summed E-state index contributed by atoms with van der Waals surface area (Å²) in [5.74, 6) is -2.52. The van der Waals surface area contributed by atoms with E-state index < -0.39 is 44.0 Å². The van der Waals surface area contributed by atoms with Gasteiger partial charge in [0.25, 0.3) is 15.9 Å². The number of hydrogen-bond acceptors (Lipinski definition) is 4. The Morgan fingerprint density at radius 2 is 1.69 bits per heavy atom. The highest BCUT2D eigenvalue weighted by Crippen LogP contribution is 2.26. The van der Waals surface area contributed by atoms with Crippen molar-refractivity contribution in [2.45, 2.75) is 17.4 Å². The first-order chi connectivity index (χ1) is 12.1. The number of anilines is 1. The van der Waals surface area contributed by atoms with E-state index in [-0.39, 0.29) is 5.69 Å². The van der Waals surface area contributed by atoms with Crippen LogP contribution in [0.1, 0.15) is 12.5 Å². The molecule has 1 saturated heterocycles. The molecule has 1 fully saturated rings. The second-order valence-corrected chi connectivity index (χ2v) is 7.44. The van der Waals surface area contributed by atoms with Gasteiger partial charge in [-0.25, -0.2) is 22.0 Å². The molecule has 0 unspecified atom stereocenters. The van der Waals surface area contributed by atoms with Crippen LogP contribution in [0.4, 0.5) is 19.3 Å². The van der Waals surface area contributed by atoms with Crippen molar-refractivity contribution in [1.82, 2.24) is 10.6 Å². The Morgan fingerprint density at radius 1 is 1.04 bits per heavy atom. The Labute approximate surface area is 147 Å². The zero-order valence-corrected chi connectivity index (χ0v) is 14.2. The molecule has 1 heterocycles. The molecule has 0 aliphatic carbocycles. The number of nitrogens with one attached hydrogen (secondary N) is 3. The topological polar surface area (TPSA) is 104 Å². The standard InChI is InChI=1S/C16H13F2N3O4S/c1-16(14(22)19-15(23)20-16)9-2-5-11(6-3-9)21-26(24,25)13-8-10(17)4-7-12(13)18/h2-8,21H,1H3,(H2,19,20,22,23)/t16-/m0/s1. The third-order valence-corrected chi connectivity index (χ3v) is 5.34. The second-order valence-electron chi connectivity index (χ2n) is 5.79. The van der Waals surface area contributed by atoms with E-state index in [0.717, 1.165) is 12.1 Å². The summed E-state index contributed by atoms with van der Waals surface area (Å²) in [7, 11) is -4.35. The highest BCUT2D eigenvalue weighted by atomic mass is 32.2. The number of carbonyl (C=O) groups excluding carboxylic acids is 2. The minimum atomic E-state index is -4.35. The van der Waals surface area contributed by atoms with Crippen LogP contribution in [0.15, 0.2) is 47.4 Å². The van der Waals surface area contributed by atoms with E-state index in [1.54, 1.807) is 0 Å². The molecule has 1 aliphatic heterocycles. The van der Waals surface area contributed by atoms with Crippen LogP contribution < -0.4 is 15.4 Å². The van der Waals surface area contributed by atoms with Gasteiger partial charge in [-0.15, -0.1) is 0 Å². The van der Waals surface area contributed by atoms with Crippen LogP contribution in [0.3, 0.4) is 0 Å². The zero-order valence-electron chi connectivity index (χ0n) is 13.3. The Balaban J connectivity index is 1.87. The fourth-order valence-corrected chi connectivity index (χ4v) is 3.66. The van der Waals surface area contributed by atoms with Crippen molar-refractivity contribution in [1.29, 1.82) is 0 Å². The maximum absolute atomic E-state index is 13.7. The van der Waals surface area contributed by atoms with Crippen molar-refractivity contribution < 1.29 is 26.8 Å². The van der Waals surface area contributed by atoms with Gasteiger partial charge < -0.3 is 5.32 Å². The number of benzene rings is 2. The number of urea groups is 1. The Hall–Kier alpha value is -3.01. The largest absolute Gasteiger partial charge is 0.322 e. The molecular weight excluding hydrogens is 368 g/mol. The molecule has 3 N–H and O–H groups in total. The maximum atomic E-state index is 13.7. The van der Waals surface area contributed by atoms with E-state index in [1.807, 2.05) is 0 Å². The average Bonchev–Trinajstić information content (AvgIpc) is 2.83. The van der Waals surface area contributed by atoms with Crippen LogP contribution in [0, 0.1) is 11.6 Å². The fraction of sp³-hybridized carbons (Fsp3) is 0.125. The first-order valence-electron chi connectivity index (χ1n) is 7.34. The van der Waals surface area contributed by atoms with E-state index in [0.29, 0.717) is 11.6 Å². The lowest BCUT2D eigenvalue weighted by Crippen LogP contribution is -2.40. The molecule has 0 aromatic heterocycles. The summed E-state index contributed by atoms with van der Waals surface area (Å²) in [5, 5.41) is 4.59. The SMILES string of the molecule is C[C@@]1(c2ccc(NS(=O)(=O)c3cc(F)ccc3F)cc2)NC(=O)NC1=O. The first kappa shape index (κ1) is 17.8. The van der Waals surface area contributed by atoms with Gasteiger partial charge in [-0.05, 0) is 42.8 Å². The van der Waals surface area contributed by atoms with Gasteiger partial charge in [-0.1, -0.05) is 12.1 Å². The highest BCUT2D eigenvalue weighted by Gasteiger charge is 2.43. The number of sulfonamides is 1. The minimum Gasteiger partial charge on any atom is -0.320 e. The van der Waals surface area contributed by atoms with Crippen molar-refractivity contribution in [3.63, 3.8) is 0 Å². The van der Waals surface area contributed by atoms with Crippen molar-refractivity contribution in [3.8, 4) is 0 Å². The fourth-order valence-electron chi connectivity index (χ4n) is 2.51. The molecule has 0 saturated carbocycles. The maximum Gasteiger partial charge on any atom is 0.322 e. The number of amides is 3. The van der Waals surface area contributed by atoms with Crippen molar-refractivity contribution in [2.75, 3.05) is 4.72 Å². The van der Waals surface area contributed by atoms with E-state index in [2.05, 4.69) is 15.4 Å². The first-order valence-corrected chi connectivity index (χ1v) is 8.82. The summed E-state index contributed by atoms with van der Waals surface area (Å²) < 4.78 is 53.5. The van der Waals surface area contributed by atoms with E-state index in [4.69, 9.17) is 0 Å². The molecule has 0 spiro atoms. The van der Waals surface area contributed by atoms with E-state index in [9.17, 15) is 26.8 Å². The van der Waals surface area contributed by atoms with Gasteiger partial charge in [0.05, 0.1) is 0 Å². The van der Waals surface area contributed by atoms with Gasteiger partial charge in [0.1, 0.15) is 22.1 Å². The lowest BCUT2D eigenvalue weighted by molar-refractivity contribution is -0.123. The Morgan fingerprint density at radius 3 is 2.27 bits per heavy atom. The molecule has 136 valence electrons. The molecule has 0 bridgehead atoms. The predicted octanol–water partition coefficient (Wildman–Crippen LogP) is 1.82. The number of carbonyl (C=O) groups is 2. The lowest BCUT2D eigenvalue weighted by Gasteiger charge is -2.21. The molecule has 2 aromatic carbocycles. The molecule has 26 heavy (non-hydrogen) atoms. The number of halogens is 2. The lowest BCUT2D eigenvalue weighted by atomic mass is 9.92. The highest BCUT2D eigenvalue weighted by molar-refractivity contribution is 7.92. The summed E-state index contributed by atoms with van der Waals surface area (Å²) in [5.41, 5.74) is -0.796. The summed E-state index contributed by atoms with van der Waals surface area (Å²) >= 11 is 0. The van der Waals surface area contributed by atoms with Crippen molar-refractivity contribution in [3.05, 3.63) is 59.7 Å². The molecular formula is C16H13F2N3O4S. The molecule has 3 rings (SSSR count). The van der Waals surface area contributed by atoms with Gasteiger partial charge in [0, 0.05) is 5.69 Å². The van der Waals surface area contributed by atoms with Crippen LogP contribution in [-0.4, -0.2) is 20.4 Å². The molecule has 7 nitrogen and oxygen atoms in total. The second kappa shape index (κ2) is 6.06. The number of hydrogen-bond donors (Lipinski definition) is 3. The van der Waals surface area contributed by atoms with E-state index in [1.165, 1.54) is 31.2 Å². The van der Waals surface area contributed by atoms with Gasteiger partial charge >= 0.3 is 6.03 Å². The van der Waals surface area contributed by atoms with Gasteiger partial charge in [-0.3, -0.25) is 14.8 Å². The quantitative estimate of drug-likeness (QED) is 0.703. The number of imide groups is 1. The monoisotopic (exact) mass is 381 g/mol.